The van der Waals surface area contributed by atoms with Gasteiger partial charge in [-0.3, -0.25) is 14.9 Å². The number of thiophene rings is 1. The minimum atomic E-state index is -0.611. The van der Waals surface area contributed by atoms with Gasteiger partial charge in [0.25, 0.3) is 11.8 Å². The number of amides is 2. The zero-order valence-electron chi connectivity index (χ0n) is 12.3. The molecule has 8 heteroatoms. The average Bonchev–Trinajstić information content (AvgIpc) is 3.24. The van der Waals surface area contributed by atoms with Gasteiger partial charge in [0.2, 0.25) is 0 Å². The van der Waals surface area contributed by atoms with E-state index in [4.69, 9.17) is 0 Å². The molecule has 0 bridgehead atoms. The minimum Gasteiger partial charge on any atom is -0.346 e. The molecular formula is C16H12FN3O2S2. The first kappa shape index (κ1) is 16.3. The lowest BCUT2D eigenvalue weighted by atomic mass is 10.2. The van der Waals surface area contributed by atoms with Gasteiger partial charge in [0.05, 0.1) is 12.1 Å². The third kappa shape index (κ3) is 3.84. The Morgan fingerprint density at radius 3 is 2.67 bits per heavy atom. The van der Waals surface area contributed by atoms with Crippen molar-refractivity contribution in [1.29, 1.82) is 0 Å². The molecule has 0 spiro atoms. The zero-order chi connectivity index (χ0) is 16.9. The van der Waals surface area contributed by atoms with Crippen molar-refractivity contribution in [2.75, 3.05) is 5.32 Å². The number of hydrogen-bond donors (Lipinski definition) is 2. The van der Waals surface area contributed by atoms with Crippen LogP contribution in [0.3, 0.4) is 0 Å². The second-order valence-corrected chi connectivity index (χ2v) is 6.62. The van der Waals surface area contributed by atoms with Crippen molar-refractivity contribution >= 4 is 39.6 Å². The number of rotatable bonds is 5. The van der Waals surface area contributed by atoms with Crippen molar-refractivity contribution < 1.29 is 14.0 Å². The number of carbonyl (C=O) groups is 2. The van der Waals surface area contributed by atoms with Crippen molar-refractivity contribution in [3.8, 4) is 0 Å². The molecule has 2 heterocycles. The predicted octanol–water partition coefficient (Wildman–Crippen LogP) is 3.53. The average molecular weight is 361 g/mol. The summed E-state index contributed by atoms with van der Waals surface area (Å²) >= 11 is 2.65. The molecule has 0 aliphatic heterocycles. The van der Waals surface area contributed by atoms with E-state index in [-0.39, 0.29) is 22.3 Å². The first-order chi connectivity index (χ1) is 11.6. The Morgan fingerprint density at radius 2 is 1.92 bits per heavy atom. The lowest BCUT2D eigenvalue weighted by Crippen LogP contribution is -2.22. The van der Waals surface area contributed by atoms with Gasteiger partial charge in [0.1, 0.15) is 11.5 Å². The summed E-state index contributed by atoms with van der Waals surface area (Å²) in [5.41, 5.74) is 0.136. The highest BCUT2D eigenvalue weighted by atomic mass is 32.1. The molecule has 0 fully saturated rings. The topological polar surface area (TPSA) is 71.1 Å². The maximum Gasteiger partial charge on any atom is 0.271 e. The Bertz CT molecular complexity index is 862. The molecule has 2 amide bonds. The highest BCUT2D eigenvalue weighted by molar-refractivity contribution is 7.14. The van der Waals surface area contributed by atoms with Crippen LogP contribution in [0.1, 0.15) is 25.7 Å². The maximum absolute atomic E-state index is 13.6. The molecule has 0 aliphatic rings. The summed E-state index contributed by atoms with van der Waals surface area (Å²) in [6, 6.07) is 9.50. The number of thiazole rings is 1. The predicted molar refractivity (Wildman–Crippen MR) is 92.0 cm³/mol. The normalized spacial score (nSPS) is 10.4. The van der Waals surface area contributed by atoms with Gasteiger partial charge < -0.3 is 5.32 Å². The Morgan fingerprint density at radius 1 is 1.08 bits per heavy atom. The number of halogens is 1. The number of nitrogens with zero attached hydrogens (tertiary/aromatic N) is 1. The molecule has 2 N–H and O–H groups in total. The highest BCUT2D eigenvalue weighted by Gasteiger charge is 2.15. The van der Waals surface area contributed by atoms with Crippen LogP contribution in [-0.2, 0) is 6.54 Å². The Hall–Kier alpha value is -2.58. The molecule has 5 nitrogen and oxygen atoms in total. The summed E-state index contributed by atoms with van der Waals surface area (Å²) in [5, 5.41) is 8.96. The Labute approximate surface area is 145 Å². The second-order valence-electron chi connectivity index (χ2n) is 4.73. The summed E-state index contributed by atoms with van der Waals surface area (Å²) in [6.07, 6.45) is 0. The van der Waals surface area contributed by atoms with Gasteiger partial charge >= 0.3 is 0 Å². The number of carbonyl (C=O) groups excluding carboxylic acids is 2. The number of nitrogens with one attached hydrogen (secondary N) is 2. The fraction of sp³-hybridized carbons (Fsp3) is 0.0625. The van der Waals surface area contributed by atoms with Crippen LogP contribution >= 0.6 is 22.7 Å². The quantitative estimate of drug-likeness (QED) is 0.730. The van der Waals surface area contributed by atoms with E-state index in [1.807, 2.05) is 17.5 Å². The second kappa shape index (κ2) is 7.33. The van der Waals surface area contributed by atoms with Gasteiger partial charge in [0, 0.05) is 10.3 Å². The molecule has 1 aromatic carbocycles. The molecule has 2 aromatic heterocycles. The molecule has 0 radical (unpaired) electrons. The van der Waals surface area contributed by atoms with Crippen LogP contribution in [0.15, 0.2) is 47.2 Å². The minimum absolute atomic E-state index is 0.0728. The van der Waals surface area contributed by atoms with Crippen molar-refractivity contribution in [3.05, 3.63) is 69.1 Å². The van der Waals surface area contributed by atoms with Gasteiger partial charge in [-0.2, -0.15) is 0 Å². The van der Waals surface area contributed by atoms with E-state index < -0.39 is 11.7 Å². The molecule has 0 unspecified atom stereocenters. The van der Waals surface area contributed by atoms with Crippen LogP contribution in [0.2, 0.25) is 0 Å². The molecule has 122 valence electrons. The van der Waals surface area contributed by atoms with Crippen LogP contribution in [0.25, 0.3) is 0 Å². The summed E-state index contributed by atoms with van der Waals surface area (Å²) < 4.78 is 13.6. The van der Waals surface area contributed by atoms with Crippen LogP contribution in [0.5, 0.6) is 0 Å². The monoisotopic (exact) mass is 361 g/mol. The van der Waals surface area contributed by atoms with E-state index in [0.717, 1.165) is 16.2 Å². The summed E-state index contributed by atoms with van der Waals surface area (Å²) in [6.45, 7) is 0.422. The van der Waals surface area contributed by atoms with E-state index >= 15 is 0 Å². The fourth-order valence-corrected chi connectivity index (χ4v) is 3.25. The molecule has 3 aromatic rings. The van der Waals surface area contributed by atoms with Crippen molar-refractivity contribution in [3.63, 3.8) is 0 Å². The lowest BCUT2D eigenvalue weighted by Gasteiger charge is -2.02. The fourth-order valence-electron chi connectivity index (χ4n) is 1.92. The number of benzene rings is 1. The third-order valence-electron chi connectivity index (χ3n) is 3.08. The Kier molecular flexibility index (Phi) is 4.97. The summed E-state index contributed by atoms with van der Waals surface area (Å²) in [5.74, 6) is -1.54. The SMILES string of the molecule is O=C(NCc1cccs1)c1csc(NC(=O)c2ccccc2F)n1. The van der Waals surface area contributed by atoms with Gasteiger partial charge in [-0.25, -0.2) is 9.37 Å². The highest BCUT2D eigenvalue weighted by Crippen LogP contribution is 2.17. The van der Waals surface area contributed by atoms with Gasteiger partial charge in [-0.05, 0) is 23.6 Å². The van der Waals surface area contributed by atoms with Crippen LogP contribution in [-0.4, -0.2) is 16.8 Å². The number of hydrogen-bond acceptors (Lipinski definition) is 5. The largest absolute Gasteiger partial charge is 0.346 e. The Balaban J connectivity index is 1.62. The first-order valence-electron chi connectivity index (χ1n) is 6.95. The maximum atomic E-state index is 13.6. The number of anilines is 1. The van der Waals surface area contributed by atoms with Gasteiger partial charge in [-0.1, -0.05) is 18.2 Å². The van der Waals surface area contributed by atoms with E-state index in [1.165, 1.54) is 18.2 Å². The van der Waals surface area contributed by atoms with Crippen molar-refractivity contribution in [1.82, 2.24) is 10.3 Å². The summed E-state index contributed by atoms with van der Waals surface area (Å²) in [7, 11) is 0. The lowest BCUT2D eigenvalue weighted by molar-refractivity contribution is 0.0945. The van der Waals surface area contributed by atoms with E-state index in [1.54, 1.807) is 22.8 Å². The summed E-state index contributed by atoms with van der Waals surface area (Å²) in [4.78, 5) is 29.1. The van der Waals surface area contributed by atoms with Crippen LogP contribution in [0.4, 0.5) is 9.52 Å². The standard InChI is InChI=1S/C16H12FN3O2S2/c17-12-6-2-1-5-11(12)14(21)20-16-19-13(9-24-16)15(22)18-8-10-4-3-7-23-10/h1-7,9H,8H2,(H,18,22)(H,19,20,21). The number of aromatic nitrogens is 1. The first-order valence-corrected chi connectivity index (χ1v) is 8.71. The molecule has 0 saturated carbocycles. The van der Waals surface area contributed by atoms with E-state index in [9.17, 15) is 14.0 Å². The van der Waals surface area contributed by atoms with Crippen molar-refractivity contribution in [2.24, 2.45) is 0 Å². The molecule has 0 aliphatic carbocycles. The molecule has 24 heavy (non-hydrogen) atoms. The van der Waals surface area contributed by atoms with Crippen LogP contribution < -0.4 is 10.6 Å². The van der Waals surface area contributed by atoms with E-state index in [0.29, 0.717) is 6.54 Å². The van der Waals surface area contributed by atoms with Crippen LogP contribution in [0, 0.1) is 5.82 Å². The smallest absolute Gasteiger partial charge is 0.271 e. The molecule has 0 atom stereocenters. The molecular weight excluding hydrogens is 349 g/mol. The van der Waals surface area contributed by atoms with E-state index in [2.05, 4.69) is 15.6 Å². The third-order valence-corrected chi connectivity index (χ3v) is 4.71. The molecule has 3 rings (SSSR count). The molecule has 0 saturated heterocycles. The zero-order valence-corrected chi connectivity index (χ0v) is 13.9. The van der Waals surface area contributed by atoms with Gasteiger partial charge in [0.15, 0.2) is 5.13 Å². The van der Waals surface area contributed by atoms with Gasteiger partial charge in [-0.15, -0.1) is 22.7 Å². The van der Waals surface area contributed by atoms with Crippen molar-refractivity contribution in [2.45, 2.75) is 6.54 Å².